The number of carbonyl (C=O) groups excluding carboxylic acids is 1. The summed E-state index contributed by atoms with van der Waals surface area (Å²) in [4.78, 5) is 33.4. The average molecular weight is 499 g/mol. The number of methoxy groups -OCH3 is 1. The zero-order chi connectivity index (χ0) is 23.9. The molecule has 1 amide bonds. The van der Waals surface area contributed by atoms with Gasteiger partial charge in [-0.1, -0.05) is 36.4 Å². The lowest BCUT2D eigenvalue weighted by Crippen LogP contribution is -2.41. The van der Waals surface area contributed by atoms with Crippen LogP contribution in [-0.4, -0.2) is 52.9 Å². The molecule has 0 aliphatic carbocycles. The molecule has 0 unspecified atom stereocenters. The molecule has 1 atom stereocenters. The average Bonchev–Trinajstić information content (AvgIpc) is 3.35. The Balaban J connectivity index is 1.43. The van der Waals surface area contributed by atoms with Crippen LogP contribution in [-0.2, 0) is 11.3 Å². The van der Waals surface area contributed by atoms with Crippen molar-refractivity contribution in [3.63, 3.8) is 0 Å². The Bertz CT molecular complexity index is 1180. The molecule has 1 fully saturated rings. The number of nitrogens with one attached hydrogen (secondary N) is 1. The van der Waals surface area contributed by atoms with Crippen molar-refractivity contribution in [3.05, 3.63) is 64.3 Å². The number of piperidine rings is 1. The number of thioether (sulfide) groups is 1. The molecule has 3 heterocycles. The molecule has 7 nitrogen and oxygen atoms in total. The number of hydrogen-bond donors (Lipinski definition) is 1. The van der Waals surface area contributed by atoms with Gasteiger partial charge in [0.15, 0.2) is 5.16 Å². The Hall–Kier alpha value is -2.62. The van der Waals surface area contributed by atoms with Gasteiger partial charge in [-0.25, -0.2) is 4.98 Å². The molecule has 4 rings (SSSR count). The van der Waals surface area contributed by atoms with Crippen molar-refractivity contribution in [1.29, 1.82) is 0 Å². The minimum Gasteiger partial charge on any atom is -0.497 e. The minimum absolute atomic E-state index is 0.0776. The first-order valence-electron chi connectivity index (χ1n) is 11.5. The molecule has 1 N–H and O–H groups in total. The van der Waals surface area contributed by atoms with Crippen molar-refractivity contribution in [2.45, 2.75) is 37.0 Å². The molecular weight excluding hydrogens is 468 g/mol. The molecule has 1 aliphatic heterocycles. The second kappa shape index (κ2) is 11.7. The number of benzene rings is 1. The van der Waals surface area contributed by atoms with Gasteiger partial charge in [-0.05, 0) is 55.1 Å². The van der Waals surface area contributed by atoms with Crippen LogP contribution in [0.4, 0.5) is 0 Å². The number of allylic oxidation sites excluding steroid dienone is 1. The first-order chi connectivity index (χ1) is 16.6. The second-order valence-electron chi connectivity index (χ2n) is 8.22. The van der Waals surface area contributed by atoms with Gasteiger partial charge in [0, 0.05) is 13.1 Å². The van der Waals surface area contributed by atoms with Gasteiger partial charge in [0.1, 0.15) is 10.6 Å². The maximum absolute atomic E-state index is 12.8. The van der Waals surface area contributed by atoms with E-state index in [0.29, 0.717) is 28.5 Å². The Morgan fingerprint density at radius 3 is 2.74 bits per heavy atom. The summed E-state index contributed by atoms with van der Waals surface area (Å²) in [6.07, 6.45) is 5.27. The molecule has 180 valence electrons. The van der Waals surface area contributed by atoms with E-state index in [1.807, 2.05) is 17.5 Å². The lowest BCUT2D eigenvalue weighted by Gasteiger charge is -2.35. The standard InChI is InChI=1S/C25H30N4O3S2/c1-3-12-29-24(31)20-11-15-33-23(20)27-25(29)34-17-22(30)26-16-21(28-13-5-4-6-14-28)18-7-9-19(32-2)10-8-18/h3,7-11,15,21H,1,4-6,12-14,16-17H2,2H3,(H,26,30)/t21-/m1/s1. The molecule has 2 aromatic heterocycles. The number of carbonyl (C=O) groups is 1. The number of aromatic nitrogens is 2. The summed E-state index contributed by atoms with van der Waals surface area (Å²) in [6.45, 7) is 6.69. The lowest BCUT2D eigenvalue weighted by atomic mass is 10.0. The smallest absolute Gasteiger partial charge is 0.263 e. The molecule has 0 bridgehead atoms. The molecule has 1 aromatic carbocycles. The molecule has 0 saturated carbocycles. The lowest BCUT2D eigenvalue weighted by molar-refractivity contribution is -0.118. The summed E-state index contributed by atoms with van der Waals surface area (Å²) in [7, 11) is 1.66. The Morgan fingerprint density at radius 1 is 1.26 bits per heavy atom. The van der Waals surface area contributed by atoms with Crippen molar-refractivity contribution >= 4 is 39.2 Å². The highest BCUT2D eigenvalue weighted by Crippen LogP contribution is 2.26. The van der Waals surface area contributed by atoms with Crippen LogP contribution in [0.15, 0.2) is 58.3 Å². The Morgan fingerprint density at radius 2 is 2.03 bits per heavy atom. The van der Waals surface area contributed by atoms with Crippen molar-refractivity contribution in [1.82, 2.24) is 19.8 Å². The molecule has 0 radical (unpaired) electrons. The van der Waals surface area contributed by atoms with Gasteiger partial charge >= 0.3 is 0 Å². The fourth-order valence-corrected chi connectivity index (χ4v) is 5.88. The van der Waals surface area contributed by atoms with Gasteiger partial charge in [0.2, 0.25) is 5.91 Å². The summed E-state index contributed by atoms with van der Waals surface area (Å²) in [6, 6.07) is 9.99. The van der Waals surface area contributed by atoms with Crippen LogP contribution >= 0.6 is 23.1 Å². The second-order valence-corrected chi connectivity index (χ2v) is 10.1. The highest BCUT2D eigenvalue weighted by atomic mass is 32.2. The van der Waals surface area contributed by atoms with Crippen LogP contribution in [0.25, 0.3) is 10.2 Å². The maximum Gasteiger partial charge on any atom is 0.263 e. The third-order valence-corrected chi connectivity index (χ3v) is 7.80. The molecule has 9 heteroatoms. The number of nitrogens with zero attached hydrogens (tertiary/aromatic N) is 3. The third-order valence-electron chi connectivity index (χ3n) is 6.02. The third kappa shape index (κ3) is 5.71. The van der Waals surface area contributed by atoms with Crippen LogP contribution in [0, 0.1) is 0 Å². The van der Waals surface area contributed by atoms with E-state index in [2.05, 4.69) is 33.9 Å². The monoisotopic (exact) mass is 498 g/mol. The van der Waals surface area contributed by atoms with Gasteiger partial charge in [-0.15, -0.1) is 17.9 Å². The maximum atomic E-state index is 12.8. The van der Waals surface area contributed by atoms with Crippen LogP contribution < -0.4 is 15.6 Å². The quantitative estimate of drug-likeness (QED) is 0.258. The Kier molecular flexibility index (Phi) is 8.42. The van der Waals surface area contributed by atoms with E-state index in [9.17, 15) is 9.59 Å². The van der Waals surface area contributed by atoms with E-state index >= 15 is 0 Å². The predicted octanol–water partition coefficient (Wildman–Crippen LogP) is 4.09. The molecule has 1 saturated heterocycles. The molecule has 1 aliphatic rings. The first-order valence-corrected chi connectivity index (χ1v) is 13.3. The van der Waals surface area contributed by atoms with Gasteiger partial charge in [-0.2, -0.15) is 0 Å². The van der Waals surface area contributed by atoms with Gasteiger partial charge in [0.05, 0.1) is 24.3 Å². The minimum atomic E-state index is -0.0984. The summed E-state index contributed by atoms with van der Waals surface area (Å²) in [5.74, 6) is 0.934. The summed E-state index contributed by atoms with van der Waals surface area (Å²) < 4.78 is 6.88. The van der Waals surface area contributed by atoms with Crippen LogP contribution in [0.1, 0.15) is 30.9 Å². The summed E-state index contributed by atoms with van der Waals surface area (Å²) in [5, 5.41) is 6.11. The van der Waals surface area contributed by atoms with Crippen molar-refractivity contribution in [2.75, 3.05) is 32.5 Å². The first kappa shape index (κ1) is 24.5. The number of thiophene rings is 1. The fraction of sp³-hybridized carbons (Fsp3) is 0.400. The van der Waals surface area contributed by atoms with Crippen molar-refractivity contribution in [3.8, 4) is 5.75 Å². The highest BCUT2D eigenvalue weighted by molar-refractivity contribution is 7.99. The number of fused-ring (bicyclic) bond motifs is 1. The van der Waals surface area contributed by atoms with Crippen LogP contribution in [0.5, 0.6) is 5.75 Å². The van der Waals surface area contributed by atoms with E-state index in [-0.39, 0.29) is 23.3 Å². The van der Waals surface area contributed by atoms with Crippen molar-refractivity contribution < 1.29 is 9.53 Å². The van der Waals surface area contributed by atoms with E-state index < -0.39 is 0 Å². The number of ether oxygens (including phenoxy) is 1. The molecular formula is C25H30N4O3S2. The topological polar surface area (TPSA) is 76.5 Å². The zero-order valence-corrected chi connectivity index (χ0v) is 21.0. The molecule has 0 spiro atoms. The van der Waals surface area contributed by atoms with Crippen LogP contribution in [0.2, 0.25) is 0 Å². The van der Waals surface area contributed by atoms with Gasteiger partial charge in [-0.3, -0.25) is 19.1 Å². The van der Waals surface area contributed by atoms with E-state index in [4.69, 9.17) is 4.74 Å². The summed E-state index contributed by atoms with van der Waals surface area (Å²) >= 11 is 2.71. The molecule has 3 aromatic rings. The number of amides is 1. The summed E-state index contributed by atoms with van der Waals surface area (Å²) in [5.41, 5.74) is 1.07. The number of rotatable bonds is 10. The SMILES string of the molecule is C=CCn1c(SCC(=O)NC[C@H](c2ccc(OC)cc2)N2CCCCC2)nc2sccc2c1=O. The number of hydrogen-bond acceptors (Lipinski definition) is 7. The van der Waals surface area contributed by atoms with Gasteiger partial charge in [0.25, 0.3) is 5.56 Å². The molecule has 34 heavy (non-hydrogen) atoms. The normalized spacial score (nSPS) is 15.2. The Labute approximate surface area is 207 Å². The van der Waals surface area contributed by atoms with E-state index in [0.717, 1.165) is 18.8 Å². The predicted molar refractivity (Wildman–Crippen MR) is 139 cm³/mol. The largest absolute Gasteiger partial charge is 0.497 e. The van der Waals surface area contributed by atoms with E-state index in [1.165, 1.54) is 47.9 Å². The van der Waals surface area contributed by atoms with Crippen LogP contribution in [0.3, 0.4) is 0 Å². The fourth-order valence-electron chi connectivity index (χ4n) is 4.24. The van der Waals surface area contributed by atoms with Gasteiger partial charge < -0.3 is 10.1 Å². The van der Waals surface area contributed by atoms with Crippen molar-refractivity contribution in [2.24, 2.45) is 0 Å². The van der Waals surface area contributed by atoms with E-state index in [1.54, 1.807) is 23.8 Å². The highest BCUT2D eigenvalue weighted by Gasteiger charge is 2.23. The number of likely N-dealkylation sites (tertiary alicyclic amines) is 1. The zero-order valence-electron chi connectivity index (χ0n) is 19.4.